The van der Waals surface area contributed by atoms with E-state index in [4.69, 9.17) is 10.9 Å². The molecule has 1 saturated carbocycles. The Bertz CT molecular complexity index is 255. The minimum atomic E-state index is 0.320. The Morgan fingerprint density at radius 3 is 2.76 bits per heavy atom. The number of nitrogens with two attached hydrogens (primary N) is 1. The molecule has 0 bridgehead atoms. The molecule has 4 nitrogen and oxygen atoms in total. The molecule has 100 valence electrons. The van der Waals surface area contributed by atoms with Gasteiger partial charge in [-0.3, -0.25) is 0 Å². The molecule has 0 spiro atoms. The van der Waals surface area contributed by atoms with Crippen LogP contribution in [0.4, 0.5) is 0 Å². The second-order valence-corrected chi connectivity index (χ2v) is 5.44. The first-order valence-corrected chi connectivity index (χ1v) is 6.80. The molecular weight excluding hydrogens is 214 g/mol. The molecule has 0 amide bonds. The molecule has 0 saturated heterocycles. The lowest BCUT2D eigenvalue weighted by Crippen LogP contribution is -2.46. The fraction of sp³-hybridized carbons (Fsp3) is 0.923. The first kappa shape index (κ1) is 14.3. The van der Waals surface area contributed by atoms with Gasteiger partial charge in [-0.2, -0.15) is 0 Å². The molecule has 0 aliphatic heterocycles. The van der Waals surface area contributed by atoms with E-state index >= 15 is 0 Å². The zero-order valence-corrected chi connectivity index (χ0v) is 11.3. The van der Waals surface area contributed by atoms with Crippen LogP contribution in [0.2, 0.25) is 0 Å². The monoisotopic (exact) mass is 241 g/mol. The van der Waals surface area contributed by atoms with Crippen LogP contribution < -0.4 is 11.1 Å². The van der Waals surface area contributed by atoms with E-state index in [0.29, 0.717) is 30.3 Å². The quantitative estimate of drug-likeness (QED) is 0.299. The van der Waals surface area contributed by atoms with E-state index in [1.165, 1.54) is 19.3 Å². The topological polar surface area (TPSA) is 70.6 Å². The molecule has 0 aromatic carbocycles. The van der Waals surface area contributed by atoms with E-state index in [0.717, 1.165) is 12.3 Å². The first-order chi connectivity index (χ1) is 8.08. The number of rotatable bonds is 5. The lowest BCUT2D eigenvalue weighted by atomic mass is 9.77. The van der Waals surface area contributed by atoms with E-state index in [1.54, 1.807) is 0 Å². The van der Waals surface area contributed by atoms with Crippen LogP contribution in [-0.2, 0) is 0 Å². The highest BCUT2D eigenvalue weighted by molar-refractivity contribution is 5.80. The third kappa shape index (κ3) is 4.19. The van der Waals surface area contributed by atoms with Gasteiger partial charge in [0.1, 0.15) is 5.84 Å². The smallest absolute Gasteiger partial charge is 0.140 e. The van der Waals surface area contributed by atoms with E-state index in [-0.39, 0.29) is 0 Å². The molecule has 0 aromatic heterocycles. The molecule has 1 aliphatic rings. The summed E-state index contributed by atoms with van der Waals surface area (Å²) in [7, 11) is 0. The van der Waals surface area contributed by atoms with E-state index in [1.807, 2.05) is 0 Å². The van der Waals surface area contributed by atoms with E-state index in [9.17, 15) is 0 Å². The summed E-state index contributed by atoms with van der Waals surface area (Å²) < 4.78 is 0. The molecule has 4 atom stereocenters. The summed E-state index contributed by atoms with van der Waals surface area (Å²) in [5, 5.41) is 15.4. The number of nitrogens with one attached hydrogen (secondary N) is 1. The summed E-state index contributed by atoms with van der Waals surface area (Å²) in [6.07, 6.45) is 5.54. The molecule has 0 radical (unpaired) electrons. The largest absolute Gasteiger partial charge is 0.409 e. The van der Waals surface area contributed by atoms with Crippen LogP contribution in [0.1, 0.15) is 52.9 Å². The zero-order valence-electron chi connectivity index (χ0n) is 11.3. The fourth-order valence-electron chi connectivity index (χ4n) is 2.73. The van der Waals surface area contributed by atoms with Crippen molar-refractivity contribution in [1.82, 2.24) is 5.32 Å². The van der Waals surface area contributed by atoms with Crippen molar-refractivity contribution >= 4 is 5.84 Å². The van der Waals surface area contributed by atoms with Gasteiger partial charge in [0, 0.05) is 18.5 Å². The molecule has 0 heterocycles. The van der Waals surface area contributed by atoms with Gasteiger partial charge in [0.25, 0.3) is 0 Å². The Hall–Kier alpha value is -0.770. The summed E-state index contributed by atoms with van der Waals surface area (Å²) in [4.78, 5) is 0. The SMILES string of the molecule is CCC(CC(N)=NO)NC1CCCC(C)C1C. The van der Waals surface area contributed by atoms with Gasteiger partial charge in [-0.05, 0) is 24.7 Å². The van der Waals surface area contributed by atoms with Crippen molar-refractivity contribution in [3.63, 3.8) is 0 Å². The number of nitrogens with zero attached hydrogens (tertiary/aromatic N) is 1. The van der Waals surface area contributed by atoms with Gasteiger partial charge in [0.2, 0.25) is 0 Å². The predicted octanol–water partition coefficient (Wildman–Crippen LogP) is 2.32. The van der Waals surface area contributed by atoms with Crippen LogP contribution in [0.15, 0.2) is 5.16 Å². The lowest BCUT2D eigenvalue weighted by molar-refractivity contribution is 0.192. The van der Waals surface area contributed by atoms with Gasteiger partial charge < -0.3 is 16.3 Å². The highest BCUT2D eigenvalue weighted by Crippen LogP contribution is 2.30. The lowest BCUT2D eigenvalue weighted by Gasteiger charge is -2.37. The second kappa shape index (κ2) is 6.84. The van der Waals surface area contributed by atoms with Crippen LogP contribution in [0.25, 0.3) is 0 Å². The Labute approximate surface area is 105 Å². The Kier molecular flexibility index (Phi) is 5.75. The van der Waals surface area contributed by atoms with E-state index in [2.05, 4.69) is 31.2 Å². The predicted molar refractivity (Wildman–Crippen MR) is 71.2 cm³/mol. The van der Waals surface area contributed by atoms with Crippen molar-refractivity contribution in [2.45, 2.75) is 65.0 Å². The summed E-state index contributed by atoms with van der Waals surface area (Å²) in [5.41, 5.74) is 5.58. The van der Waals surface area contributed by atoms with Crippen molar-refractivity contribution in [2.75, 3.05) is 0 Å². The number of hydrogen-bond donors (Lipinski definition) is 3. The highest BCUT2D eigenvalue weighted by atomic mass is 16.4. The van der Waals surface area contributed by atoms with Gasteiger partial charge in [0.15, 0.2) is 0 Å². The van der Waals surface area contributed by atoms with Crippen molar-refractivity contribution in [2.24, 2.45) is 22.7 Å². The van der Waals surface area contributed by atoms with Gasteiger partial charge in [-0.1, -0.05) is 38.8 Å². The Morgan fingerprint density at radius 2 is 2.18 bits per heavy atom. The molecule has 0 aromatic rings. The Morgan fingerprint density at radius 1 is 1.47 bits per heavy atom. The average molecular weight is 241 g/mol. The zero-order chi connectivity index (χ0) is 12.8. The molecule has 1 fully saturated rings. The van der Waals surface area contributed by atoms with Crippen molar-refractivity contribution < 1.29 is 5.21 Å². The van der Waals surface area contributed by atoms with Gasteiger partial charge in [0.05, 0.1) is 0 Å². The van der Waals surface area contributed by atoms with Crippen molar-refractivity contribution in [3.8, 4) is 0 Å². The molecule has 4 heteroatoms. The van der Waals surface area contributed by atoms with Gasteiger partial charge >= 0.3 is 0 Å². The normalized spacial score (nSPS) is 32.4. The standard InChI is InChI=1S/C13H27N3O/c1-4-11(8-13(14)16-17)15-12-7-5-6-9(2)10(12)3/h9-12,15,17H,4-8H2,1-3H3,(H2,14,16). The van der Waals surface area contributed by atoms with Crippen LogP contribution >= 0.6 is 0 Å². The van der Waals surface area contributed by atoms with Gasteiger partial charge in [-0.25, -0.2) is 0 Å². The number of oxime groups is 1. The molecule has 17 heavy (non-hydrogen) atoms. The summed E-state index contributed by atoms with van der Waals surface area (Å²) >= 11 is 0. The van der Waals surface area contributed by atoms with E-state index < -0.39 is 0 Å². The third-order valence-corrected chi connectivity index (χ3v) is 4.23. The molecular formula is C13H27N3O. The Balaban J connectivity index is 2.49. The van der Waals surface area contributed by atoms with Gasteiger partial charge in [-0.15, -0.1) is 0 Å². The van der Waals surface area contributed by atoms with Crippen molar-refractivity contribution in [1.29, 1.82) is 0 Å². The van der Waals surface area contributed by atoms with Crippen LogP contribution in [0, 0.1) is 11.8 Å². The summed E-state index contributed by atoms with van der Waals surface area (Å²) in [5.74, 6) is 1.83. The maximum Gasteiger partial charge on any atom is 0.140 e. The summed E-state index contributed by atoms with van der Waals surface area (Å²) in [6.45, 7) is 6.81. The second-order valence-electron chi connectivity index (χ2n) is 5.44. The van der Waals surface area contributed by atoms with Crippen molar-refractivity contribution in [3.05, 3.63) is 0 Å². The van der Waals surface area contributed by atoms with Crippen LogP contribution in [0.3, 0.4) is 0 Å². The first-order valence-electron chi connectivity index (χ1n) is 6.80. The van der Waals surface area contributed by atoms with Crippen LogP contribution in [0.5, 0.6) is 0 Å². The molecule has 4 N–H and O–H groups in total. The highest BCUT2D eigenvalue weighted by Gasteiger charge is 2.28. The summed E-state index contributed by atoms with van der Waals surface area (Å²) in [6, 6.07) is 0.902. The maximum atomic E-state index is 8.61. The third-order valence-electron chi connectivity index (χ3n) is 4.23. The minimum absolute atomic E-state index is 0.320. The van der Waals surface area contributed by atoms with Crippen LogP contribution in [-0.4, -0.2) is 23.1 Å². The molecule has 1 rings (SSSR count). The molecule has 4 unspecified atom stereocenters. The number of amidine groups is 1. The molecule has 1 aliphatic carbocycles. The minimum Gasteiger partial charge on any atom is -0.409 e. The fourth-order valence-corrected chi connectivity index (χ4v) is 2.73. The maximum absolute atomic E-state index is 8.61. The number of hydrogen-bond acceptors (Lipinski definition) is 3. The average Bonchev–Trinajstić information content (AvgIpc) is 2.33.